The Morgan fingerprint density at radius 1 is 0.606 bits per heavy atom. The summed E-state index contributed by atoms with van der Waals surface area (Å²) in [6, 6.07) is 22.2. The number of nitriles is 2. The Labute approximate surface area is 382 Å². The van der Waals surface area contributed by atoms with Crippen LogP contribution in [-0.4, -0.2) is 73.6 Å². The molecule has 2 atom stereocenters. The fraction of sp³-hybridized carbons (Fsp3) is 0.277. The van der Waals surface area contributed by atoms with Crippen molar-refractivity contribution in [3.05, 3.63) is 153 Å². The first-order valence-corrected chi connectivity index (χ1v) is 25.8. The van der Waals surface area contributed by atoms with Gasteiger partial charge in [-0.15, -0.1) is 0 Å². The summed E-state index contributed by atoms with van der Waals surface area (Å²) < 4.78 is 84.1. The van der Waals surface area contributed by atoms with E-state index in [1.54, 1.807) is 58.3 Å². The third kappa shape index (κ3) is 9.04. The van der Waals surface area contributed by atoms with E-state index in [0.29, 0.717) is 48.2 Å². The van der Waals surface area contributed by atoms with Crippen molar-refractivity contribution < 1.29 is 45.5 Å². The van der Waals surface area contributed by atoms with Crippen molar-refractivity contribution in [3.63, 3.8) is 0 Å². The van der Waals surface area contributed by atoms with E-state index in [-0.39, 0.29) is 58.8 Å². The van der Waals surface area contributed by atoms with Crippen LogP contribution in [0.2, 0.25) is 0 Å². The topological polar surface area (TPSA) is 153 Å². The zero-order chi connectivity index (χ0) is 47.1. The standard InChI is InChI=1S/C47H39F6IN8O4/c1-54(18-4-20-59-26-36-38(42(59)63)40(30-14-10-28(24-55)11-15-30)57-44(65)61(36)34-8-2-6-32(22-34)46(48,49)50)19-5-21-60-27-37-39(43(60)64)41(31-16-12-29(25-56)13-17-31)58-45(66)62(37)35-9-3-7-33(23-35)47(51,52)53/h2-3,6-17,22-23,40-41H,4-5,18-21,26-27H2,1H3,(H,57,65)(H,58,66)/t40-,41-/m1/s1. The quantitative estimate of drug-likeness (QED) is 0.0822. The van der Waals surface area contributed by atoms with E-state index in [2.05, 4.69) is 15.6 Å². The molecule has 8 rings (SSSR count). The van der Waals surface area contributed by atoms with E-state index in [4.69, 9.17) is 0 Å². The molecule has 19 heteroatoms. The Morgan fingerprint density at radius 2 is 0.985 bits per heavy atom. The molecule has 2 N–H and O–H groups in total. The molecule has 4 aromatic carbocycles. The monoisotopic (exact) mass is 1020 g/mol. The predicted molar refractivity (Wildman–Crippen MR) is 239 cm³/mol. The van der Waals surface area contributed by atoms with Gasteiger partial charge < -0.3 is 0 Å². The van der Waals surface area contributed by atoms with E-state index in [1.165, 1.54) is 24.3 Å². The van der Waals surface area contributed by atoms with Gasteiger partial charge in [0.15, 0.2) is 0 Å². The van der Waals surface area contributed by atoms with Gasteiger partial charge in [-0.1, -0.05) is 0 Å². The minimum absolute atomic E-state index is 0.0182. The van der Waals surface area contributed by atoms with Gasteiger partial charge in [0.25, 0.3) is 0 Å². The molecule has 0 saturated carbocycles. The van der Waals surface area contributed by atoms with E-state index in [9.17, 15) is 56.0 Å². The van der Waals surface area contributed by atoms with Gasteiger partial charge in [0, 0.05) is 0 Å². The normalized spacial score (nSPS) is 18.8. The molecule has 4 heterocycles. The molecule has 66 heavy (non-hydrogen) atoms. The zero-order valence-corrected chi connectivity index (χ0v) is 37.2. The molecular formula is C47H39F6IN8O4. The summed E-state index contributed by atoms with van der Waals surface area (Å²) in [5.74, 6) is -0.744. The number of nitrogens with zero attached hydrogens (tertiary/aromatic N) is 6. The number of hydrogen-bond acceptors (Lipinski definition) is 6. The average molecular weight is 1020 g/mol. The van der Waals surface area contributed by atoms with Crippen LogP contribution in [0.1, 0.15) is 58.3 Å². The van der Waals surface area contributed by atoms with Crippen LogP contribution in [0.15, 0.2) is 120 Å². The predicted octanol–water partition coefficient (Wildman–Crippen LogP) is 8.82. The first-order chi connectivity index (χ1) is 31.5. The molecule has 0 aliphatic carbocycles. The third-order valence-electron chi connectivity index (χ3n) is 11.8. The molecule has 0 saturated heterocycles. The summed E-state index contributed by atoms with van der Waals surface area (Å²) in [7, 11) is 0. The van der Waals surface area contributed by atoms with Crippen LogP contribution in [-0.2, 0) is 21.9 Å². The van der Waals surface area contributed by atoms with Crippen molar-refractivity contribution >= 4 is 55.1 Å². The van der Waals surface area contributed by atoms with Crippen LogP contribution >= 0.6 is 19.8 Å². The number of benzene rings is 4. The maximum absolute atomic E-state index is 14.2. The molecule has 0 spiro atoms. The summed E-state index contributed by atoms with van der Waals surface area (Å²) in [5.41, 5.74) is 0.758. The van der Waals surface area contributed by atoms with Crippen LogP contribution in [0.25, 0.3) is 0 Å². The van der Waals surface area contributed by atoms with Crippen molar-refractivity contribution in [3.8, 4) is 12.1 Å². The number of amides is 6. The fourth-order valence-electron chi connectivity index (χ4n) is 8.59. The first-order valence-electron chi connectivity index (χ1n) is 20.6. The van der Waals surface area contributed by atoms with Crippen LogP contribution in [0.5, 0.6) is 0 Å². The van der Waals surface area contributed by atoms with Crippen molar-refractivity contribution in [1.29, 1.82) is 10.5 Å². The second-order valence-electron chi connectivity index (χ2n) is 16.0. The summed E-state index contributed by atoms with van der Waals surface area (Å²) in [5, 5.41) is 24.2. The first kappa shape index (κ1) is 45.7. The van der Waals surface area contributed by atoms with Gasteiger partial charge in [-0.3, -0.25) is 0 Å². The minimum atomic E-state index is -4.67. The van der Waals surface area contributed by atoms with Gasteiger partial charge >= 0.3 is 373 Å². The van der Waals surface area contributed by atoms with Crippen LogP contribution in [0.3, 0.4) is 0 Å². The molecule has 12 nitrogen and oxygen atoms in total. The van der Waals surface area contributed by atoms with Gasteiger partial charge in [-0.25, -0.2) is 0 Å². The third-order valence-corrected chi connectivity index (χ3v) is 17.0. The number of halogens is 7. The van der Waals surface area contributed by atoms with Crippen molar-refractivity contribution in [2.45, 2.75) is 37.3 Å². The molecule has 0 bridgehead atoms. The number of carbonyl (C=O) groups excluding carboxylic acids is 4. The van der Waals surface area contributed by atoms with E-state index in [0.717, 1.165) is 42.9 Å². The molecule has 0 unspecified atom stereocenters. The van der Waals surface area contributed by atoms with Crippen molar-refractivity contribution in [1.82, 2.24) is 20.4 Å². The Kier molecular flexibility index (Phi) is 12.6. The van der Waals surface area contributed by atoms with E-state index >= 15 is 0 Å². The fourth-order valence-corrected chi connectivity index (χ4v) is 12.4. The van der Waals surface area contributed by atoms with Crippen molar-refractivity contribution in [2.24, 2.45) is 0 Å². The van der Waals surface area contributed by atoms with Crippen molar-refractivity contribution in [2.75, 3.05) is 49.8 Å². The number of alkyl halides is 9. The van der Waals surface area contributed by atoms with Gasteiger partial charge in [-0.2, -0.15) is 10.5 Å². The van der Waals surface area contributed by atoms with E-state index in [1.807, 2.05) is 12.1 Å². The maximum atomic E-state index is 14.2. The zero-order valence-electron chi connectivity index (χ0n) is 35.0. The number of urea groups is 2. The Balaban J connectivity index is 0.934. The number of anilines is 2. The van der Waals surface area contributed by atoms with Crippen LogP contribution in [0.4, 0.5) is 47.3 Å². The Morgan fingerprint density at radius 3 is 1.33 bits per heavy atom. The van der Waals surface area contributed by atoms with Gasteiger partial charge in [0.2, 0.25) is 0 Å². The van der Waals surface area contributed by atoms with Gasteiger partial charge in [-0.05, 0) is 0 Å². The molecule has 340 valence electrons. The second kappa shape index (κ2) is 18.2. The molecule has 4 aliphatic rings. The number of hydrogen-bond donors (Lipinski definition) is 2. The number of rotatable bonds is 12. The molecule has 4 aliphatic heterocycles. The van der Waals surface area contributed by atoms with Gasteiger partial charge in [0.05, 0.1) is 0 Å². The molecule has 6 amide bonds. The molecule has 0 fully saturated rings. The summed E-state index contributed by atoms with van der Waals surface area (Å²) in [4.78, 5) is 63.3. The van der Waals surface area contributed by atoms with Gasteiger partial charge in [0.1, 0.15) is 0 Å². The molecular weight excluding hydrogens is 981 g/mol. The number of nitrogens with one attached hydrogen (secondary N) is 2. The summed E-state index contributed by atoms with van der Waals surface area (Å²) >= 11 is -1.68. The SMILES string of the molecule is CI(CCCN1CC2=C(C1=O)[C@@H](c1ccc(C#N)cc1)NC(=O)N2c1cccc(C(F)(F)F)c1)CCCN1CC2=C(C1=O)[C@@H](c1ccc(C#N)cc1)NC(=O)N2c1cccc(C(F)(F)F)c1. The molecule has 0 aromatic heterocycles. The second-order valence-corrected chi connectivity index (χ2v) is 22.3. The molecule has 0 radical (unpaired) electrons. The summed E-state index contributed by atoms with van der Waals surface area (Å²) in [6.45, 7) is 0.580. The Bertz CT molecular complexity index is 2570. The van der Waals surface area contributed by atoms with E-state index < -0.39 is 67.4 Å². The van der Waals surface area contributed by atoms with Crippen LogP contribution in [0, 0.1) is 22.7 Å². The molecule has 4 aromatic rings. The van der Waals surface area contributed by atoms with Crippen LogP contribution < -0.4 is 20.4 Å². The number of carbonyl (C=O) groups is 4. The summed E-state index contributed by atoms with van der Waals surface area (Å²) in [6.07, 6.45) is -8.14. The average Bonchev–Trinajstić information content (AvgIpc) is 3.79. The Hall–Kier alpha value is -6.87.